The number of hydrogen-bond donors (Lipinski definition) is 0. The molecule has 22 heavy (non-hydrogen) atoms. The van der Waals surface area contributed by atoms with Crippen LogP contribution in [-0.2, 0) is 22.9 Å². The number of halogens is 2. The monoisotopic (exact) mass is 548 g/mol. The summed E-state index contributed by atoms with van der Waals surface area (Å²) in [7, 11) is 0. The summed E-state index contributed by atoms with van der Waals surface area (Å²) in [4.78, 5) is 0. The second-order valence-electron chi connectivity index (χ2n) is 7.21. The summed E-state index contributed by atoms with van der Waals surface area (Å²) in [6, 6.07) is 0. The summed E-state index contributed by atoms with van der Waals surface area (Å²) in [6.07, 6.45) is 12.4. The Morgan fingerprint density at radius 2 is 1.64 bits per heavy atom. The van der Waals surface area contributed by atoms with Gasteiger partial charge in [0.05, 0.1) is 0 Å². The fourth-order valence-electron chi connectivity index (χ4n) is 4.19. The molecule has 3 unspecified atom stereocenters. The van der Waals surface area contributed by atoms with Crippen molar-refractivity contribution in [2.75, 3.05) is 0 Å². The smallest absolute Gasteiger partial charge is 1.00 e. The maximum Gasteiger partial charge on any atom is -1.00 e. The molecule has 3 heteroatoms. The summed E-state index contributed by atoms with van der Waals surface area (Å²) in [5, 5.41) is 0. The molecule has 0 aromatic rings. The molecule has 0 nitrogen and oxygen atoms in total. The van der Waals surface area contributed by atoms with Crippen LogP contribution in [0.15, 0.2) is 44.4 Å². The first-order valence-corrected chi connectivity index (χ1v) is 11.8. The van der Waals surface area contributed by atoms with Gasteiger partial charge in [-0.05, 0) is 0 Å². The number of fused-ring (bicyclic) bond motifs is 1. The Morgan fingerprint density at radius 3 is 2.23 bits per heavy atom. The average molecular weight is 548 g/mol. The Hall–Kier alpha value is 0.600. The van der Waals surface area contributed by atoms with E-state index in [4.69, 9.17) is 0 Å². The molecule has 3 atom stereocenters. The fraction of sp³-hybridized carbons (Fsp3) is 0.579. The van der Waals surface area contributed by atoms with E-state index in [-0.39, 0.29) is 29.4 Å². The van der Waals surface area contributed by atoms with Crippen LogP contribution in [0.5, 0.6) is 0 Å². The molecular weight excluding hydrogens is 522 g/mol. The minimum Gasteiger partial charge on any atom is -1.00 e. The third-order valence-corrected chi connectivity index (χ3v) is 14.3. The van der Waals surface area contributed by atoms with Crippen molar-refractivity contribution in [3.05, 3.63) is 44.4 Å². The van der Waals surface area contributed by atoms with Gasteiger partial charge in [0.15, 0.2) is 0 Å². The molecule has 0 aromatic carbocycles. The molecule has 0 heterocycles. The van der Waals surface area contributed by atoms with Gasteiger partial charge in [0, 0.05) is 0 Å². The van der Waals surface area contributed by atoms with E-state index in [0.717, 1.165) is 15.5 Å². The van der Waals surface area contributed by atoms with Crippen molar-refractivity contribution in [1.82, 2.24) is 0 Å². The summed E-state index contributed by atoms with van der Waals surface area (Å²) in [5.41, 5.74) is 5.25. The van der Waals surface area contributed by atoms with E-state index in [9.17, 15) is 0 Å². The standard InChI is InChI=1S/C10H15.C9H11.BrH.ClH.Hf/c1-7-6-10(4,5)9(3)8(7)2;1-2-5-9-7-3-6-8(9)4-1;;;/h1-5H3;1-2,4-6,8-9H,3,7H2;2*1H;/q;;;;+2/p-2. The van der Waals surface area contributed by atoms with E-state index in [1.807, 2.05) is 3.33 Å². The molecule has 3 aliphatic carbocycles. The zero-order chi connectivity index (χ0) is 14.5. The fourth-order valence-corrected chi connectivity index (χ4v) is 12.0. The van der Waals surface area contributed by atoms with Crippen LogP contribution in [0.4, 0.5) is 0 Å². The quantitative estimate of drug-likeness (QED) is 0.415. The van der Waals surface area contributed by atoms with E-state index in [1.54, 1.807) is 16.7 Å². The first-order valence-electron chi connectivity index (χ1n) is 7.94. The van der Waals surface area contributed by atoms with Crippen LogP contribution < -0.4 is 29.4 Å². The summed E-state index contributed by atoms with van der Waals surface area (Å²) in [6.45, 7) is 12.0. The number of allylic oxidation sites excluding steroid dienone is 8. The zero-order valence-corrected chi connectivity index (χ0v) is 20.1. The van der Waals surface area contributed by atoms with Crippen molar-refractivity contribution in [1.29, 1.82) is 0 Å². The van der Waals surface area contributed by atoms with Crippen molar-refractivity contribution in [2.24, 2.45) is 17.3 Å². The summed E-state index contributed by atoms with van der Waals surface area (Å²) >= 11 is -0.749. The van der Waals surface area contributed by atoms with E-state index in [0.29, 0.717) is 5.41 Å². The van der Waals surface area contributed by atoms with Crippen LogP contribution in [-0.4, -0.2) is 0 Å². The SMILES string of the molecule is CC1=C(C)C(C)(C)[C]([Hf+2][CH]2CCC3C=CC=CC32)=C1C.[Br-].[Cl-]. The van der Waals surface area contributed by atoms with Gasteiger partial charge in [0.1, 0.15) is 0 Å². The van der Waals surface area contributed by atoms with Gasteiger partial charge in [-0.15, -0.1) is 0 Å². The molecule has 120 valence electrons. The maximum atomic E-state index is 2.51. The first kappa shape index (κ1) is 20.6. The second-order valence-corrected chi connectivity index (χ2v) is 12.7. The summed E-state index contributed by atoms with van der Waals surface area (Å²) < 4.78 is 2.95. The van der Waals surface area contributed by atoms with Crippen LogP contribution in [0, 0.1) is 17.3 Å². The van der Waals surface area contributed by atoms with Crippen LogP contribution in [0.25, 0.3) is 0 Å². The third-order valence-electron chi connectivity index (χ3n) is 5.96. The molecule has 0 N–H and O–H groups in total. The van der Waals surface area contributed by atoms with Gasteiger partial charge >= 0.3 is 136 Å². The molecule has 0 aromatic heterocycles. The summed E-state index contributed by atoms with van der Waals surface area (Å²) in [5.74, 6) is 1.73. The van der Waals surface area contributed by atoms with Crippen LogP contribution >= 0.6 is 0 Å². The van der Waals surface area contributed by atoms with Crippen molar-refractivity contribution in [3.63, 3.8) is 0 Å². The van der Waals surface area contributed by atoms with Gasteiger partial charge in [-0.25, -0.2) is 0 Å². The van der Waals surface area contributed by atoms with Crippen LogP contribution in [0.1, 0.15) is 47.5 Å². The molecule has 3 rings (SSSR count). The molecular formula is C19H26BrClHf. The van der Waals surface area contributed by atoms with E-state index in [2.05, 4.69) is 58.9 Å². The van der Waals surface area contributed by atoms with Crippen LogP contribution in [0.2, 0.25) is 3.67 Å². The normalized spacial score (nSPS) is 31.6. The largest absolute Gasteiger partial charge is 1.00 e. The van der Waals surface area contributed by atoms with E-state index in [1.165, 1.54) is 12.8 Å². The predicted octanol–water partition coefficient (Wildman–Crippen LogP) is -0.332. The minimum absolute atomic E-state index is 0. The molecule has 3 aliphatic rings. The van der Waals surface area contributed by atoms with Gasteiger partial charge in [0.2, 0.25) is 0 Å². The Labute approximate surface area is 164 Å². The van der Waals surface area contributed by atoms with Gasteiger partial charge in [-0.1, -0.05) is 0 Å². The second kappa shape index (κ2) is 7.66. The first-order chi connectivity index (χ1) is 9.43. The molecule has 0 spiro atoms. The molecule has 0 aliphatic heterocycles. The van der Waals surface area contributed by atoms with E-state index < -0.39 is 22.9 Å². The number of hydrogen-bond acceptors (Lipinski definition) is 0. The van der Waals surface area contributed by atoms with Crippen molar-refractivity contribution in [3.8, 4) is 0 Å². The van der Waals surface area contributed by atoms with Crippen molar-refractivity contribution < 1.29 is 52.3 Å². The molecule has 0 amide bonds. The Balaban J connectivity index is 0.00000121. The van der Waals surface area contributed by atoms with Gasteiger partial charge in [-0.2, -0.15) is 0 Å². The van der Waals surface area contributed by atoms with Gasteiger partial charge < -0.3 is 29.4 Å². The Morgan fingerprint density at radius 1 is 1.00 bits per heavy atom. The van der Waals surface area contributed by atoms with Gasteiger partial charge in [-0.3, -0.25) is 0 Å². The topological polar surface area (TPSA) is 0 Å². The zero-order valence-electron chi connectivity index (χ0n) is 14.2. The van der Waals surface area contributed by atoms with Crippen molar-refractivity contribution >= 4 is 0 Å². The average Bonchev–Trinajstić information content (AvgIpc) is 2.90. The predicted molar refractivity (Wildman–Crippen MR) is 83.1 cm³/mol. The maximum absolute atomic E-state index is 2.51. The molecule has 0 saturated heterocycles. The number of rotatable bonds is 2. The van der Waals surface area contributed by atoms with Crippen molar-refractivity contribution in [2.45, 2.75) is 51.1 Å². The van der Waals surface area contributed by atoms with E-state index >= 15 is 0 Å². The Kier molecular flexibility index (Phi) is 7.18. The van der Waals surface area contributed by atoms with Gasteiger partial charge in [0.25, 0.3) is 0 Å². The Bertz CT molecular complexity index is 554. The molecule has 1 fully saturated rings. The molecule has 1 saturated carbocycles. The third kappa shape index (κ3) is 3.35. The molecule has 0 bridgehead atoms. The minimum atomic E-state index is -0.749. The molecule has 0 radical (unpaired) electrons. The van der Waals surface area contributed by atoms with Crippen LogP contribution in [0.3, 0.4) is 0 Å².